The third-order valence-corrected chi connectivity index (χ3v) is 4.05. The molecule has 0 unspecified atom stereocenters. The van der Waals surface area contributed by atoms with Crippen LogP contribution in [0.15, 0.2) is 29.9 Å². The van der Waals surface area contributed by atoms with Crippen LogP contribution in [0, 0.1) is 6.92 Å². The first-order chi connectivity index (χ1) is 9.15. The first-order valence-electron chi connectivity index (χ1n) is 5.57. The first-order valence-corrected chi connectivity index (χ1v) is 6.82. The summed E-state index contributed by atoms with van der Waals surface area (Å²) in [7, 11) is 0. The fraction of sp³-hybridized carbons (Fsp3) is 0.0769. The Labute approximate surface area is 118 Å². The molecule has 0 aliphatic carbocycles. The zero-order valence-electron chi connectivity index (χ0n) is 10.1. The molecule has 0 amide bonds. The number of aromatic nitrogens is 2. The molecule has 0 aliphatic heterocycles. The predicted molar refractivity (Wildman–Crippen MR) is 78.1 cm³/mol. The van der Waals surface area contributed by atoms with E-state index < -0.39 is 0 Å². The number of nitrogen functional groups attached to an aromatic ring is 1. The zero-order chi connectivity index (χ0) is 13.4. The largest absolute Gasteiger partial charge is 0.436 e. The van der Waals surface area contributed by atoms with Gasteiger partial charge in [0.25, 0.3) is 0 Å². The van der Waals surface area contributed by atoms with E-state index in [-0.39, 0.29) is 0 Å². The minimum atomic E-state index is 0.493. The third-order valence-electron chi connectivity index (χ3n) is 2.66. The predicted octanol–water partition coefficient (Wildman–Crippen LogP) is 4.03. The number of benzene rings is 1. The van der Waals surface area contributed by atoms with Gasteiger partial charge in [0.1, 0.15) is 16.8 Å². The minimum absolute atomic E-state index is 0.493. The van der Waals surface area contributed by atoms with Crippen molar-refractivity contribution in [3.63, 3.8) is 0 Å². The number of ether oxygens (including phenoxy) is 1. The Kier molecular flexibility index (Phi) is 3.00. The molecule has 19 heavy (non-hydrogen) atoms. The van der Waals surface area contributed by atoms with E-state index in [0.29, 0.717) is 22.3 Å². The van der Waals surface area contributed by atoms with Gasteiger partial charge in [0.2, 0.25) is 5.88 Å². The Hall–Kier alpha value is -1.85. The molecule has 0 atom stereocenters. The van der Waals surface area contributed by atoms with E-state index in [2.05, 4.69) is 9.97 Å². The summed E-state index contributed by atoms with van der Waals surface area (Å²) in [5.41, 5.74) is 8.32. The maximum absolute atomic E-state index is 6.08. The monoisotopic (exact) mass is 291 g/mol. The van der Waals surface area contributed by atoms with Crippen molar-refractivity contribution in [2.75, 3.05) is 5.73 Å². The van der Waals surface area contributed by atoms with Gasteiger partial charge in [0, 0.05) is 11.8 Å². The lowest BCUT2D eigenvalue weighted by Gasteiger charge is -2.07. The second-order valence-corrected chi connectivity index (χ2v) is 5.35. The fourth-order valence-corrected chi connectivity index (χ4v) is 2.81. The number of hydrogen-bond acceptors (Lipinski definition) is 5. The molecule has 0 spiro atoms. The lowest BCUT2D eigenvalue weighted by molar-refractivity contribution is 0.469. The molecule has 0 saturated heterocycles. The molecule has 3 rings (SSSR count). The number of aryl methyl sites for hydroxylation is 1. The van der Waals surface area contributed by atoms with Gasteiger partial charge in [-0.1, -0.05) is 11.6 Å². The molecule has 1 aromatic carbocycles. The summed E-state index contributed by atoms with van der Waals surface area (Å²) in [4.78, 5) is 8.41. The molecule has 3 aromatic rings. The summed E-state index contributed by atoms with van der Waals surface area (Å²) in [5, 5.41) is 2.52. The Morgan fingerprint density at radius 1 is 1.32 bits per heavy atom. The Morgan fingerprint density at radius 3 is 3.00 bits per heavy atom. The van der Waals surface area contributed by atoms with Crippen molar-refractivity contribution >= 4 is 38.8 Å². The van der Waals surface area contributed by atoms with Gasteiger partial charge in [-0.15, -0.1) is 11.3 Å². The summed E-state index contributed by atoms with van der Waals surface area (Å²) in [6, 6.07) is 5.10. The van der Waals surface area contributed by atoms with Crippen molar-refractivity contribution in [1.82, 2.24) is 9.97 Å². The van der Waals surface area contributed by atoms with Crippen LogP contribution in [-0.2, 0) is 0 Å². The molecular formula is C13H10ClN3OS. The summed E-state index contributed by atoms with van der Waals surface area (Å²) >= 11 is 7.63. The highest BCUT2D eigenvalue weighted by molar-refractivity contribution is 7.17. The van der Waals surface area contributed by atoms with E-state index in [1.807, 2.05) is 12.3 Å². The maximum atomic E-state index is 6.08. The van der Waals surface area contributed by atoms with Crippen LogP contribution in [-0.4, -0.2) is 9.97 Å². The molecule has 2 heterocycles. The average molecular weight is 292 g/mol. The van der Waals surface area contributed by atoms with Crippen molar-refractivity contribution in [3.05, 3.63) is 40.5 Å². The van der Waals surface area contributed by atoms with E-state index >= 15 is 0 Å². The number of nitrogens with two attached hydrogens (primary N) is 1. The molecule has 2 N–H and O–H groups in total. The molecule has 0 saturated carbocycles. The lowest BCUT2D eigenvalue weighted by Crippen LogP contribution is -1.92. The highest BCUT2D eigenvalue weighted by Gasteiger charge is 2.11. The van der Waals surface area contributed by atoms with Crippen LogP contribution in [0.1, 0.15) is 5.56 Å². The van der Waals surface area contributed by atoms with Gasteiger partial charge in [0.15, 0.2) is 0 Å². The Morgan fingerprint density at radius 2 is 2.16 bits per heavy atom. The van der Waals surface area contributed by atoms with E-state index in [1.165, 1.54) is 6.33 Å². The first kappa shape index (κ1) is 12.2. The number of thiophene rings is 1. The van der Waals surface area contributed by atoms with Crippen LogP contribution < -0.4 is 10.5 Å². The van der Waals surface area contributed by atoms with Gasteiger partial charge in [-0.2, -0.15) is 0 Å². The lowest BCUT2D eigenvalue weighted by atomic mass is 10.3. The summed E-state index contributed by atoms with van der Waals surface area (Å²) in [5.74, 6) is 0.989. The van der Waals surface area contributed by atoms with Crippen molar-refractivity contribution in [2.24, 2.45) is 0 Å². The molecule has 6 heteroatoms. The number of hydrogen-bond donors (Lipinski definition) is 1. The summed E-state index contributed by atoms with van der Waals surface area (Å²) < 4.78 is 6.67. The van der Waals surface area contributed by atoms with Crippen molar-refractivity contribution in [2.45, 2.75) is 6.92 Å². The van der Waals surface area contributed by atoms with E-state index in [4.69, 9.17) is 22.1 Å². The smallest absolute Gasteiger partial charge is 0.240 e. The van der Waals surface area contributed by atoms with E-state index in [1.54, 1.807) is 29.5 Å². The molecule has 0 radical (unpaired) electrons. The quantitative estimate of drug-likeness (QED) is 0.724. The fourth-order valence-electron chi connectivity index (χ4n) is 1.72. The van der Waals surface area contributed by atoms with Crippen LogP contribution in [0.2, 0.25) is 5.02 Å². The summed E-state index contributed by atoms with van der Waals surface area (Å²) in [6.45, 7) is 2.00. The van der Waals surface area contributed by atoms with Crippen LogP contribution >= 0.6 is 22.9 Å². The normalized spacial score (nSPS) is 10.8. The second kappa shape index (κ2) is 4.68. The van der Waals surface area contributed by atoms with Crippen LogP contribution in [0.5, 0.6) is 11.6 Å². The zero-order valence-corrected chi connectivity index (χ0v) is 11.6. The van der Waals surface area contributed by atoms with E-state index in [0.717, 1.165) is 15.8 Å². The van der Waals surface area contributed by atoms with Crippen molar-refractivity contribution in [3.8, 4) is 11.6 Å². The number of nitrogens with zero attached hydrogens (tertiary/aromatic N) is 2. The standard InChI is InChI=1S/C13H10ClN3OS/c1-7-5-19-12-11(7)16-6-17-13(12)18-10-4-8(15)2-3-9(10)14/h2-6H,15H2,1H3. The van der Waals surface area contributed by atoms with Gasteiger partial charge in [-0.3, -0.25) is 0 Å². The van der Waals surface area contributed by atoms with Gasteiger partial charge < -0.3 is 10.5 Å². The number of halogens is 1. The van der Waals surface area contributed by atoms with Crippen molar-refractivity contribution in [1.29, 1.82) is 0 Å². The molecular weight excluding hydrogens is 282 g/mol. The number of fused-ring (bicyclic) bond motifs is 1. The maximum Gasteiger partial charge on any atom is 0.240 e. The Bertz CT molecular complexity index is 757. The average Bonchev–Trinajstić information content (AvgIpc) is 2.77. The molecule has 96 valence electrons. The minimum Gasteiger partial charge on any atom is -0.436 e. The van der Waals surface area contributed by atoms with Gasteiger partial charge >= 0.3 is 0 Å². The summed E-state index contributed by atoms with van der Waals surface area (Å²) in [6.07, 6.45) is 1.48. The highest BCUT2D eigenvalue weighted by atomic mass is 35.5. The molecule has 0 bridgehead atoms. The van der Waals surface area contributed by atoms with E-state index in [9.17, 15) is 0 Å². The topological polar surface area (TPSA) is 61.0 Å². The van der Waals surface area contributed by atoms with Gasteiger partial charge in [0.05, 0.1) is 10.5 Å². The van der Waals surface area contributed by atoms with Gasteiger partial charge in [-0.25, -0.2) is 9.97 Å². The SMILES string of the molecule is Cc1csc2c(Oc3cc(N)ccc3Cl)ncnc12. The second-order valence-electron chi connectivity index (χ2n) is 4.07. The molecule has 2 aromatic heterocycles. The third kappa shape index (κ3) is 2.22. The van der Waals surface area contributed by atoms with Crippen LogP contribution in [0.4, 0.5) is 5.69 Å². The number of anilines is 1. The highest BCUT2D eigenvalue weighted by Crippen LogP contribution is 2.36. The van der Waals surface area contributed by atoms with Crippen LogP contribution in [0.3, 0.4) is 0 Å². The molecule has 0 fully saturated rings. The molecule has 4 nitrogen and oxygen atoms in total. The number of rotatable bonds is 2. The van der Waals surface area contributed by atoms with Crippen molar-refractivity contribution < 1.29 is 4.74 Å². The Balaban J connectivity index is 2.08. The molecule has 0 aliphatic rings. The van der Waals surface area contributed by atoms with Gasteiger partial charge in [-0.05, 0) is 30.0 Å². The van der Waals surface area contributed by atoms with Crippen LogP contribution in [0.25, 0.3) is 10.2 Å².